The number of nitrogens with zero attached hydrogens (tertiary/aromatic N) is 2. The van der Waals surface area contributed by atoms with Crippen LogP contribution >= 0.6 is 0 Å². The van der Waals surface area contributed by atoms with Gasteiger partial charge in [-0.2, -0.15) is 0 Å². The van der Waals surface area contributed by atoms with Gasteiger partial charge in [0, 0.05) is 30.4 Å². The van der Waals surface area contributed by atoms with E-state index < -0.39 is 6.16 Å². The first-order valence-corrected chi connectivity index (χ1v) is 14.1. The maximum Gasteiger partial charge on any atom is 0.521 e. The van der Waals surface area contributed by atoms with Crippen LogP contribution in [0.15, 0.2) is 53.2 Å². The fourth-order valence-electron chi connectivity index (χ4n) is 4.24. The summed E-state index contributed by atoms with van der Waals surface area (Å²) in [5.74, 6) is 1.98. The highest BCUT2D eigenvalue weighted by atomic mass is 16.8. The van der Waals surface area contributed by atoms with Crippen molar-refractivity contribution in [2.24, 2.45) is 0 Å². The first-order chi connectivity index (χ1) is 18.2. The average Bonchev–Trinajstić information content (AvgIpc) is 3.35. The predicted molar refractivity (Wildman–Crippen MR) is 147 cm³/mol. The summed E-state index contributed by atoms with van der Waals surface area (Å²) in [5.41, 5.74) is 2.03. The summed E-state index contributed by atoms with van der Waals surface area (Å²) in [5, 5.41) is 0. The van der Waals surface area contributed by atoms with Gasteiger partial charge in [0.25, 0.3) is 5.95 Å². The number of carbonyl (C=O) groups excluding carboxylic acids is 1. The van der Waals surface area contributed by atoms with E-state index in [1.54, 1.807) is 18.2 Å². The van der Waals surface area contributed by atoms with Crippen LogP contribution in [0.5, 0.6) is 11.7 Å². The minimum Gasteiger partial charge on any atom is -0.430 e. The Morgan fingerprint density at radius 1 is 0.703 bits per heavy atom. The fraction of sp³-hybridized carbons (Fsp3) is 0.516. The van der Waals surface area contributed by atoms with Crippen molar-refractivity contribution in [2.45, 2.75) is 104 Å². The average molecular weight is 507 g/mol. The zero-order chi connectivity index (χ0) is 26.1. The van der Waals surface area contributed by atoms with Gasteiger partial charge in [-0.3, -0.25) is 0 Å². The normalized spacial score (nSPS) is 11.0. The summed E-state index contributed by atoms with van der Waals surface area (Å²) in [6, 6.07) is 10.5. The molecule has 1 aromatic carbocycles. The van der Waals surface area contributed by atoms with Gasteiger partial charge in [0.2, 0.25) is 0 Å². The second-order valence-corrected chi connectivity index (χ2v) is 9.65. The van der Waals surface area contributed by atoms with Gasteiger partial charge in [0.05, 0.1) is 0 Å². The monoisotopic (exact) mass is 506 g/mol. The largest absolute Gasteiger partial charge is 0.521 e. The van der Waals surface area contributed by atoms with Crippen LogP contribution in [0.3, 0.4) is 0 Å². The van der Waals surface area contributed by atoms with Gasteiger partial charge in [0.15, 0.2) is 5.82 Å². The minimum absolute atomic E-state index is 0.143. The van der Waals surface area contributed by atoms with Crippen molar-refractivity contribution in [1.82, 2.24) is 9.97 Å². The van der Waals surface area contributed by atoms with Crippen molar-refractivity contribution in [1.29, 1.82) is 0 Å². The molecule has 3 rings (SSSR count). The maximum absolute atomic E-state index is 12.1. The quantitative estimate of drug-likeness (QED) is 0.103. The number of benzene rings is 1. The number of aryl methyl sites for hydroxylation is 2. The lowest BCUT2D eigenvalue weighted by atomic mass is 10.1. The van der Waals surface area contributed by atoms with Crippen LogP contribution in [0.4, 0.5) is 4.79 Å². The number of furan rings is 1. The molecule has 200 valence electrons. The molecule has 0 spiro atoms. The van der Waals surface area contributed by atoms with Gasteiger partial charge in [0.1, 0.15) is 11.5 Å². The van der Waals surface area contributed by atoms with Crippen molar-refractivity contribution in [3.8, 4) is 23.1 Å². The molecule has 0 unspecified atom stereocenters. The van der Waals surface area contributed by atoms with E-state index in [0.29, 0.717) is 11.6 Å². The van der Waals surface area contributed by atoms with E-state index in [-0.39, 0.29) is 5.95 Å². The molecule has 0 atom stereocenters. The molecule has 0 bridgehead atoms. The number of rotatable bonds is 17. The van der Waals surface area contributed by atoms with Crippen molar-refractivity contribution in [3.63, 3.8) is 0 Å². The molecular formula is C31H42N2O4. The van der Waals surface area contributed by atoms with Gasteiger partial charge < -0.3 is 13.9 Å². The van der Waals surface area contributed by atoms with Gasteiger partial charge in [-0.1, -0.05) is 78.1 Å². The third kappa shape index (κ3) is 10.8. The predicted octanol–water partition coefficient (Wildman–Crippen LogP) is 9.12. The highest BCUT2D eigenvalue weighted by Gasteiger charge is 2.12. The highest BCUT2D eigenvalue weighted by molar-refractivity contribution is 5.67. The summed E-state index contributed by atoms with van der Waals surface area (Å²) in [6.45, 7) is 4.41. The second kappa shape index (κ2) is 16.6. The molecule has 0 aliphatic carbocycles. The molecule has 0 N–H and O–H groups in total. The number of ether oxygens (including phenoxy) is 2. The summed E-state index contributed by atoms with van der Waals surface area (Å²) in [6.07, 6.45) is 20.1. The molecule has 3 aromatic rings. The minimum atomic E-state index is -0.834. The summed E-state index contributed by atoms with van der Waals surface area (Å²) < 4.78 is 16.0. The van der Waals surface area contributed by atoms with E-state index >= 15 is 0 Å². The molecule has 0 aliphatic rings. The zero-order valence-electron chi connectivity index (χ0n) is 22.5. The van der Waals surface area contributed by atoms with Crippen molar-refractivity contribution in [2.75, 3.05) is 0 Å². The van der Waals surface area contributed by atoms with Crippen LogP contribution in [0.2, 0.25) is 0 Å². The van der Waals surface area contributed by atoms with Gasteiger partial charge >= 0.3 is 6.16 Å². The van der Waals surface area contributed by atoms with E-state index in [1.807, 2.05) is 30.6 Å². The molecule has 37 heavy (non-hydrogen) atoms. The van der Waals surface area contributed by atoms with Gasteiger partial charge in [-0.05, 0) is 55.2 Å². The van der Waals surface area contributed by atoms with Gasteiger partial charge in [-0.15, -0.1) is 0 Å². The van der Waals surface area contributed by atoms with Crippen LogP contribution in [-0.4, -0.2) is 16.1 Å². The lowest BCUT2D eigenvalue weighted by molar-refractivity contribution is 0.139. The number of aromatic nitrogens is 2. The van der Waals surface area contributed by atoms with E-state index in [4.69, 9.17) is 13.9 Å². The Morgan fingerprint density at radius 2 is 1.30 bits per heavy atom. The molecule has 6 nitrogen and oxygen atoms in total. The molecule has 0 saturated carbocycles. The molecule has 0 fully saturated rings. The Kier molecular flexibility index (Phi) is 12.7. The molecule has 6 heteroatoms. The van der Waals surface area contributed by atoms with E-state index in [0.717, 1.165) is 43.4 Å². The molecule has 0 radical (unpaired) electrons. The summed E-state index contributed by atoms with van der Waals surface area (Å²) in [7, 11) is 0. The number of unbranched alkanes of at least 4 members (excludes halogenated alkanes) is 10. The maximum atomic E-state index is 12.1. The van der Waals surface area contributed by atoms with E-state index in [1.165, 1.54) is 63.4 Å². The number of hydrogen-bond donors (Lipinski definition) is 0. The Morgan fingerprint density at radius 3 is 1.97 bits per heavy atom. The molecule has 2 aromatic heterocycles. The molecule has 0 aliphatic heterocycles. The zero-order valence-corrected chi connectivity index (χ0v) is 22.5. The van der Waals surface area contributed by atoms with Crippen LogP contribution < -0.4 is 9.47 Å². The fourth-order valence-corrected chi connectivity index (χ4v) is 4.24. The standard InChI is InChI=1S/C31H42N2O4/c1-3-5-7-8-9-10-11-12-14-15-25-23-32-30(33-24-25)26-17-19-28(20-18-26)36-31(34)37-29-22-21-27(35-29)16-13-6-4-2/h17-24H,3-16H2,1-2H3. The van der Waals surface area contributed by atoms with Crippen LogP contribution in [0.1, 0.15) is 102 Å². The lowest BCUT2D eigenvalue weighted by Gasteiger charge is -2.06. The Labute approximate surface area is 221 Å². The smallest absolute Gasteiger partial charge is 0.430 e. The number of hydrogen-bond acceptors (Lipinski definition) is 6. The molecule has 0 amide bonds. The molecule has 0 saturated heterocycles. The third-order valence-corrected chi connectivity index (χ3v) is 6.44. The molecular weight excluding hydrogens is 464 g/mol. The van der Waals surface area contributed by atoms with Crippen LogP contribution in [0.25, 0.3) is 11.4 Å². The Balaban J connectivity index is 1.37. The van der Waals surface area contributed by atoms with Crippen molar-refractivity contribution >= 4 is 6.16 Å². The van der Waals surface area contributed by atoms with E-state index in [2.05, 4.69) is 23.8 Å². The van der Waals surface area contributed by atoms with Crippen LogP contribution in [-0.2, 0) is 12.8 Å². The Hall–Kier alpha value is -3.15. The Bertz CT molecular complexity index is 1030. The van der Waals surface area contributed by atoms with Crippen LogP contribution in [0, 0.1) is 0 Å². The first-order valence-electron chi connectivity index (χ1n) is 14.1. The van der Waals surface area contributed by atoms with Crippen molar-refractivity contribution < 1.29 is 18.7 Å². The van der Waals surface area contributed by atoms with E-state index in [9.17, 15) is 4.79 Å². The topological polar surface area (TPSA) is 74.5 Å². The second-order valence-electron chi connectivity index (χ2n) is 9.65. The van der Waals surface area contributed by atoms with Gasteiger partial charge in [-0.25, -0.2) is 14.8 Å². The SMILES string of the molecule is CCCCCCCCCCCc1cnc(-c2ccc(OC(=O)Oc3ccc(CCCCC)o3)cc2)nc1. The highest BCUT2D eigenvalue weighted by Crippen LogP contribution is 2.22. The lowest BCUT2D eigenvalue weighted by Crippen LogP contribution is -2.13. The third-order valence-electron chi connectivity index (χ3n) is 6.44. The first kappa shape index (κ1) is 28.4. The summed E-state index contributed by atoms with van der Waals surface area (Å²) in [4.78, 5) is 21.2. The van der Waals surface area contributed by atoms with Crippen molar-refractivity contribution in [3.05, 3.63) is 60.1 Å². The number of carbonyl (C=O) groups is 1. The molecule has 2 heterocycles. The summed E-state index contributed by atoms with van der Waals surface area (Å²) >= 11 is 0.